The van der Waals surface area contributed by atoms with Crippen LogP contribution in [0.3, 0.4) is 0 Å². The van der Waals surface area contributed by atoms with Crippen LogP contribution in [0.2, 0.25) is 5.02 Å². The van der Waals surface area contributed by atoms with Crippen molar-refractivity contribution >= 4 is 44.6 Å². The average Bonchev–Trinajstić information content (AvgIpc) is 2.55. The van der Waals surface area contributed by atoms with Crippen LogP contribution >= 0.6 is 11.6 Å². The first kappa shape index (κ1) is 19.7. The summed E-state index contributed by atoms with van der Waals surface area (Å²) in [6.45, 7) is 1.67. The van der Waals surface area contributed by atoms with Crippen LogP contribution in [0, 0.1) is 17.0 Å². The Bertz CT molecular complexity index is 991. The minimum Gasteiger partial charge on any atom is -0.320 e. The molecular formula is C16H16ClN3O5S. The number of aryl methyl sites for hydroxylation is 1. The molecular weight excluding hydrogens is 382 g/mol. The second-order valence-electron chi connectivity index (χ2n) is 5.61. The van der Waals surface area contributed by atoms with Crippen molar-refractivity contribution in [3.8, 4) is 0 Å². The Morgan fingerprint density at radius 1 is 1.23 bits per heavy atom. The van der Waals surface area contributed by atoms with Gasteiger partial charge in [-0.1, -0.05) is 11.6 Å². The monoisotopic (exact) mass is 397 g/mol. The summed E-state index contributed by atoms with van der Waals surface area (Å²) >= 11 is 5.97. The van der Waals surface area contributed by atoms with Gasteiger partial charge in [-0.3, -0.25) is 19.2 Å². The highest BCUT2D eigenvalue weighted by molar-refractivity contribution is 7.92. The number of carbonyl (C=O) groups excluding carboxylic acids is 1. The molecule has 0 aliphatic heterocycles. The third-order valence-corrected chi connectivity index (χ3v) is 5.23. The van der Waals surface area contributed by atoms with E-state index in [2.05, 4.69) is 5.32 Å². The molecule has 2 rings (SSSR count). The molecule has 2 aromatic carbocycles. The zero-order valence-electron chi connectivity index (χ0n) is 14.2. The first-order valence-electron chi connectivity index (χ1n) is 7.30. The highest BCUT2D eigenvalue weighted by Gasteiger charge is 2.17. The Balaban J connectivity index is 2.30. The number of amides is 1. The second kappa shape index (κ2) is 7.30. The van der Waals surface area contributed by atoms with E-state index >= 15 is 0 Å². The first-order valence-corrected chi connectivity index (χ1v) is 9.53. The van der Waals surface area contributed by atoms with E-state index in [4.69, 9.17) is 11.6 Å². The maximum Gasteiger partial charge on any atom is 0.271 e. The fourth-order valence-corrected chi connectivity index (χ4v) is 2.97. The van der Waals surface area contributed by atoms with Gasteiger partial charge in [-0.15, -0.1) is 0 Å². The molecule has 26 heavy (non-hydrogen) atoms. The highest BCUT2D eigenvalue weighted by atomic mass is 35.5. The molecule has 138 valence electrons. The van der Waals surface area contributed by atoms with E-state index in [0.717, 1.165) is 10.6 Å². The summed E-state index contributed by atoms with van der Waals surface area (Å²) in [5.41, 5.74) is 1.19. The number of non-ortho nitro benzene ring substituents is 1. The molecule has 1 N–H and O–H groups in total. The van der Waals surface area contributed by atoms with E-state index in [1.54, 1.807) is 6.92 Å². The van der Waals surface area contributed by atoms with E-state index in [1.165, 1.54) is 43.4 Å². The number of hydrogen-bond donors (Lipinski definition) is 1. The van der Waals surface area contributed by atoms with Crippen molar-refractivity contribution < 1.29 is 18.1 Å². The SMILES string of the molecule is Cc1cc(C(=O)Nc2cc([N+](=O)[O-])ccc2Cl)ccc1N(C)S(C)(=O)=O. The van der Waals surface area contributed by atoms with Gasteiger partial charge in [0.05, 0.1) is 27.6 Å². The number of carbonyl (C=O) groups is 1. The molecule has 0 radical (unpaired) electrons. The van der Waals surface area contributed by atoms with Crippen LogP contribution in [0.25, 0.3) is 0 Å². The standard InChI is InChI=1S/C16H16ClN3O5S/c1-10-8-11(4-7-15(10)19(2)26(3,24)25)16(21)18-14-9-12(20(22)23)5-6-13(14)17/h4-9H,1-3H3,(H,18,21). The average molecular weight is 398 g/mol. The lowest BCUT2D eigenvalue weighted by Gasteiger charge is -2.19. The quantitative estimate of drug-likeness (QED) is 0.615. The van der Waals surface area contributed by atoms with Crippen molar-refractivity contribution in [3.05, 3.63) is 62.7 Å². The summed E-state index contributed by atoms with van der Waals surface area (Å²) < 4.78 is 24.4. The van der Waals surface area contributed by atoms with Crippen molar-refractivity contribution in [2.75, 3.05) is 22.9 Å². The Hall–Kier alpha value is -2.65. The summed E-state index contributed by atoms with van der Waals surface area (Å²) in [4.78, 5) is 22.7. The van der Waals surface area contributed by atoms with Crippen LogP contribution in [0.15, 0.2) is 36.4 Å². The Labute approximate surface area is 155 Å². The fourth-order valence-electron chi connectivity index (χ4n) is 2.25. The number of nitrogens with one attached hydrogen (secondary N) is 1. The van der Waals surface area contributed by atoms with Gasteiger partial charge in [0, 0.05) is 24.7 Å². The summed E-state index contributed by atoms with van der Waals surface area (Å²) in [5, 5.41) is 13.5. The van der Waals surface area contributed by atoms with E-state index in [-0.39, 0.29) is 22.0 Å². The van der Waals surface area contributed by atoms with Gasteiger partial charge in [0.25, 0.3) is 11.6 Å². The molecule has 0 saturated heterocycles. The van der Waals surface area contributed by atoms with E-state index < -0.39 is 20.9 Å². The number of halogens is 1. The van der Waals surface area contributed by atoms with Crippen LogP contribution < -0.4 is 9.62 Å². The number of nitrogens with zero attached hydrogens (tertiary/aromatic N) is 2. The van der Waals surface area contributed by atoms with Crippen molar-refractivity contribution in [2.45, 2.75) is 6.92 Å². The van der Waals surface area contributed by atoms with Crippen molar-refractivity contribution in [1.82, 2.24) is 0 Å². The smallest absolute Gasteiger partial charge is 0.271 e. The van der Waals surface area contributed by atoms with Crippen LogP contribution in [0.4, 0.5) is 17.1 Å². The van der Waals surface area contributed by atoms with E-state index in [9.17, 15) is 23.3 Å². The predicted molar refractivity (Wildman–Crippen MR) is 100 cm³/mol. The minimum absolute atomic E-state index is 0.112. The van der Waals surface area contributed by atoms with Gasteiger partial charge >= 0.3 is 0 Å². The Morgan fingerprint density at radius 2 is 1.88 bits per heavy atom. The van der Waals surface area contributed by atoms with E-state index in [1.807, 2.05) is 0 Å². The number of hydrogen-bond acceptors (Lipinski definition) is 5. The number of nitro groups is 1. The van der Waals surface area contributed by atoms with Gasteiger partial charge in [0.2, 0.25) is 10.0 Å². The lowest BCUT2D eigenvalue weighted by Crippen LogP contribution is -2.25. The number of nitro benzene ring substituents is 1. The van der Waals surface area contributed by atoms with Crippen molar-refractivity contribution in [2.24, 2.45) is 0 Å². The molecule has 0 heterocycles. The normalized spacial score (nSPS) is 11.1. The van der Waals surface area contributed by atoms with E-state index in [0.29, 0.717) is 11.3 Å². The topological polar surface area (TPSA) is 110 Å². The van der Waals surface area contributed by atoms with Gasteiger partial charge in [0.1, 0.15) is 0 Å². The first-order chi connectivity index (χ1) is 12.0. The number of benzene rings is 2. The zero-order valence-corrected chi connectivity index (χ0v) is 15.8. The fraction of sp³-hybridized carbons (Fsp3) is 0.188. The summed E-state index contributed by atoms with van der Waals surface area (Å²) in [7, 11) is -2.01. The van der Waals surface area contributed by atoms with Crippen molar-refractivity contribution in [3.63, 3.8) is 0 Å². The molecule has 0 atom stereocenters. The molecule has 0 unspecified atom stereocenters. The van der Waals surface area contributed by atoms with Gasteiger partial charge in [-0.05, 0) is 36.8 Å². The molecule has 0 spiro atoms. The summed E-state index contributed by atoms with van der Waals surface area (Å²) in [6.07, 6.45) is 1.08. The van der Waals surface area contributed by atoms with Crippen LogP contribution in [-0.4, -0.2) is 32.6 Å². The molecule has 0 bridgehead atoms. The van der Waals surface area contributed by atoms with Crippen LogP contribution in [0.5, 0.6) is 0 Å². The second-order valence-corrected chi connectivity index (χ2v) is 8.03. The maximum atomic E-state index is 12.4. The Morgan fingerprint density at radius 3 is 2.42 bits per heavy atom. The summed E-state index contributed by atoms with van der Waals surface area (Å²) in [6, 6.07) is 8.23. The Kier molecular flexibility index (Phi) is 5.53. The van der Waals surface area contributed by atoms with Gasteiger partial charge in [-0.25, -0.2) is 8.42 Å². The third-order valence-electron chi connectivity index (χ3n) is 3.70. The van der Waals surface area contributed by atoms with Gasteiger partial charge in [0.15, 0.2) is 0 Å². The summed E-state index contributed by atoms with van der Waals surface area (Å²) in [5.74, 6) is -0.524. The van der Waals surface area contributed by atoms with Gasteiger partial charge in [-0.2, -0.15) is 0 Å². The molecule has 0 fully saturated rings. The maximum absolute atomic E-state index is 12.4. The lowest BCUT2D eigenvalue weighted by atomic mass is 10.1. The van der Waals surface area contributed by atoms with Crippen LogP contribution in [0.1, 0.15) is 15.9 Å². The molecule has 10 heteroatoms. The molecule has 0 aliphatic carbocycles. The predicted octanol–water partition coefficient (Wildman–Crippen LogP) is 3.20. The molecule has 2 aromatic rings. The van der Waals surface area contributed by atoms with Crippen LogP contribution in [-0.2, 0) is 10.0 Å². The molecule has 1 amide bonds. The third kappa shape index (κ3) is 4.30. The lowest BCUT2D eigenvalue weighted by molar-refractivity contribution is -0.384. The van der Waals surface area contributed by atoms with Crippen molar-refractivity contribution in [1.29, 1.82) is 0 Å². The number of anilines is 2. The highest BCUT2D eigenvalue weighted by Crippen LogP contribution is 2.28. The molecule has 8 nitrogen and oxygen atoms in total. The molecule has 0 aliphatic rings. The molecule has 0 aromatic heterocycles. The zero-order chi connectivity index (χ0) is 19.6. The number of sulfonamides is 1. The minimum atomic E-state index is -3.43. The number of rotatable bonds is 5. The molecule has 0 saturated carbocycles. The largest absolute Gasteiger partial charge is 0.320 e. The van der Waals surface area contributed by atoms with Gasteiger partial charge < -0.3 is 5.32 Å².